The Morgan fingerprint density at radius 3 is 0.900 bits per heavy atom. The van der Waals surface area contributed by atoms with Gasteiger partial charge in [-0.05, 0) is 125 Å². The minimum Gasteiger partial charge on any atom is -0.279 e. The molecule has 0 N–H and O–H groups in total. The first-order valence-corrected chi connectivity index (χ1v) is 32.7. The van der Waals surface area contributed by atoms with Crippen LogP contribution in [0.4, 0.5) is 0 Å². The molecule has 0 aliphatic carbocycles. The molecule has 90 heavy (non-hydrogen) atoms. The van der Waals surface area contributed by atoms with Gasteiger partial charge in [0, 0.05) is 67.2 Å². The predicted molar refractivity (Wildman–Crippen MR) is 382 cm³/mol. The van der Waals surface area contributed by atoms with Crippen LogP contribution in [0.1, 0.15) is 22.6 Å². The van der Waals surface area contributed by atoms with Crippen molar-refractivity contribution in [3.05, 3.63) is 302 Å². The van der Waals surface area contributed by atoms with Crippen LogP contribution in [0.3, 0.4) is 0 Å². The molecule has 2 aromatic heterocycles. The molecule has 0 spiro atoms. The highest BCUT2D eigenvalue weighted by Gasteiger charge is 2.39. The Morgan fingerprint density at radius 1 is 0.256 bits per heavy atom. The van der Waals surface area contributed by atoms with Gasteiger partial charge in [0.15, 0.2) is 11.6 Å². The van der Waals surface area contributed by atoms with Crippen molar-refractivity contribution in [1.29, 1.82) is 0 Å². The highest BCUT2D eigenvalue weighted by Crippen LogP contribution is 2.78. The Hall–Kier alpha value is -9.33. The number of fused-ring (bicyclic) bond motifs is 3. The first-order chi connectivity index (χ1) is 44.0. The van der Waals surface area contributed by atoms with Crippen LogP contribution in [-0.4, -0.2) is 82.3 Å². The van der Waals surface area contributed by atoms with Crippen LogP contribution in [0.15, 0.2) is 324 Å². The normalized spacial score (nSPS) is 12.1. The van der Waals surface area contributed by atoms with Crippen LogP contribution >= 0.6 is 20.1 Å². The Labute approximate surface area is 539 Å². The van der Waals surface area contributed by atoms with E-state index in [0.29, 0.717) is 44.6 Å². The van der Waals surface area contributed by atoms with Gasteiger partial charge in [-0.25, -0.2) is 4.98 Å². The molecule has 408 valence electrons. The zero-order valence-electron chi connectivity index (χ0n) is 48.9. The molecule has 0 fully saturated rings. The van der Waals surface area contributed by atoms with E-state index in [-0.39, 0.29) is 55.6 Å². The molecule has 14 heteroatoms. The fourth-order valence-corrected chi connectivity index (χ4v) is 20.7. The SMILES string of the molecule is [B]c1c([B])c([B])c2c(c1[B])c1c([B])c([B])c([B])c([B])c1n2-c1nc(-c2cccc(C(c3ccccc3)c3ccccc3)c2)nc(-c2cc(S(c3ccccc3)(c3ccccc3)c3ccccc3)cc(S(c3ccccc3)(c3ccccc3)c3ccccc3)c2)n1. The lowest BCUT2D eigenvalue weighted by molar-refractivity contribution is 0.950. The lowest BCUT2D eigenvalue weighted by Gasteiger charge is -2.45. The third-order valence-electron chi connectivity index (χ3n) is 17.0. The Kier molecular flexibility index (Phi) is 15.7. The molecule has 0 unspecified atom stereocenters. The third kappa shape index (κ3) is 9.75. The van der Waals surface area contributed by atoms with E-state index in [9.17, 15) is 0 Å². The minimum atomic E-state index is -2.43. The quantitative estimate of drug-likeness (QED) is 0.0805. The summed E-state index contributed by atoms with van der Waals surface area (Å²) in [4.78, 5) is 25.7. The van der Waals surface area contributed by atoms with Gasteiger partial charge >= 0.3 is 0 Å². The molecule has 0 saturated heterocycles. The van der Waals surface area contributed by atoms with E-state index in [4.69, 9.17) is 77.7 Å². The summed E-state index contributed by atoms with van der Waals surface area (Å²) in [5.74, 6) is 0.619. The van der Waals surface area contributed by atoms with Crippen LogP contribution in [0.5, 0.6) is 0 Å². The van der Waals surface area contributed by atoms with Crippen LogP contribution < -0.4 is 43.7 Å². The summed E-state index contributed by atoms with van der Waals surface area (Å²) in [6.45, 7) is 0. The van der Waals surface area contributed by atoms with Gasteiger partial charge in [-0.3, -0.25) is 4.57 Å². The number of hydrogen-bond acceptors (Lipinski definition) is 3. The summed E-state index contributed by atoms with van der Waals surface area (Å²) in [5, 5.41) is 0.717. The van der Waals surface area contributed by atoms with E-state index < -0.39 is 20.1 Å². The van der Waals surface area contributed by atoms with Gasteiger partial charge in [0.05, 0.1) is 0 Å². The van der Waals surface area contributed by atoms with E-state index in [1.54, 1.807) is 4.57 Å². The summed E-state index contributed by atoms with van der Waals surface area (Å²) < 4.78 is 1.73. The average Bonchev–Trinajstić information content (AvgIpc) is 1.68. The van der Waals surface area contributed by atoms with E-state index in [2.05, 4.69) is 261 Å². The van der Waals surface area contributed by atoms with Crippen molar-refractivity contribution in [2.75, 3.05) is 0 Å². The molecule has 0 bridgehead atoms. The lowest BCUT2D eigenvalue weighted by atomic mass is 9.63. The highest BCUT2D eigenvalue weighted by molar-refractivity contribution is 8.34. The van der Waals surface area contributed by atoms with Gasteiger partial charge in [0.25, 0.3) is 0 Å². The van der Waals surface area contributed by atoms with Crippen molar-refractivity contribution in [3.8, 4) is 28.7 Å². The maximum atomic E-state index is 7.20. The molecular formula is C76H48B8N4S2. The van der Waals surface area contributed by atoms with E-state index in [1.165, 1.54) is 0 Å². The maximum Gasteiger partial charge on any atom is 0.238 e. The summed E-state index contributed by atoms with van der Waals surface area (Å²) >= 11 is 0. The second-order valence-electron chi connectivity index (χ2n) is 22.1. The van der Waals surface area contributed by atoms with Crippen molar-refractivity contribution in [2.45, 2.75) is 45.1 Å². The second-order valence-corrected chi connectivity index (χ2v) is 28.3. The largest absolute Gasteiger partial charge is 0.279 e. The fourth-order valence-electron chi connectivity index (χ4n) is 12.8. The number of nitrogens with zero attached hydrogens (tertiary/aromatic N) is 4. The van der Waals surface area contributed by atoms with Gasteiger partial charge in [-0.2, -0.15) is 9.97 Å². The van der Waals surface area contributed by atoms with Crippen LogP contribution in [-0.2, 0) is 0 Å². The molecule has 0 atom stereocenters. The van der Waals surface area contributed by atoms with Crippen molar-refractivity contribution in [3.63, 3.8) is 0 Å². The molecule has 4 nitrogen and oxygen atoms in total. The van der Waals surface area contributed by atoms with Gasteiger partial charge < -0.3 is 0 Å². The first-order valence-electron chi connectivity index (χ1n) is 29.4. The Balaban J connectivity index is 1.17. The molecular weight excluding hydrogens is 1120 g/mol. The van der Waals surface area contributed by atoms with Gasteiger partial charge in [-0.15, -0.1) is 41.9 Å². The van der Waals surface area contributed by atoms with Crippen molar-refractivity contribution in [1.82, 2.24) is 19.5 Å². The van der Waals surface area contributed by atoms with Crippen LogP contribution in [0.25, 0.3) is 50.5 Å². The van der Waals surface area contributed by atoms with Crippen molar-refractivity contribution < 1.29 is 0 Å². The number of aromatic nitrogens is 4. The van der Waals surface area contributed by atoms with Gasteiger partial charge in [0.1, 0.15) is 62.8 Å². The zero-order valence-corrected chi connectivity index (χ0v) is 50.6. The van der Waals surface area contributed by atoms with Gasteiger partial charge in [0.2, 0.25) is 5.95 Å². The van der Waals surface area contributed by atoms with E-state index in [0.717, 1.165) is 55.9 Å². The molecule has 0 amide bonds. The standard InChI is InChI=1S/C76H48B8N4S2/c77-64-62-63-65(78)67(80)69(82)71(84)73(63)88(72(62)70(83)68(81)66(64)79)76-86-74(51-31-25-30-50(44-51)61(48-26-9-1-10-27-48)49-28-11-2-12-29-49)85-75(87-76)52-45-59(89(53-32-13-3-14-33-53,54-34-15-4-16-35-54)55-36-17-5-18-37-55)47-60(46-52)90(56-38-19-6-20-39-56,57-40-21-7-22-41-57)58-42-23-8-24-43-58/h1-47,61H. The van der Waals surface area contributed by atoms with Crippen LogP contribution in [0, 0.1) is 0 Å². The Bertz CT molecular complexity index is 4520. The number of hydrogen-bond donors (Lipinski definition) is 0. The number of rotatable bonds is 14. The molecule has 0 aliphatic rings. The van der Waals surface area contributed by atoms with Gasteiger partial charge in [-0.1, -0.05) is 210 Å². The Morgan fingerprint density at radius 2 is 0.556 bits per heavy atom. The topological polar surface area (TPSA) is 43.6 Å². The molecule has 2 heterocycles. The molecule has 12 aromatic carbocycles. The molecule has 14 aromatic rings. The average molecular weight is 1170 g/mol. The molecule has 0 aliphatic heterocycles. The van der Waals surface area contributed by atoms with E-state index in [1.807, 2.05) is 24.3 Å². The highest BCUT2D eigenvalue weighted by atomic mass is 32.3. The fraction of sp³-hybridized carbons (Fsp3) is 0.0132. The van der Waals surface area contributed by atoms with Crippen molar-refractivity contribution in [2.24, 2.45) is 0 Å². The van der Waals surface area contributed by atoms with Crippen LogP contribution in [0.2, 0.25) is 0 Å². The molecule has 16 radical (unpaired) electrons. The summed E-state index contributed by atoms with van der Waals surface area (Å²) in [6.07, 6.45) is 0. The minimum absolute atomic E-state index is 0.0543. The summed E-state index contributed by atoms with van der Waals surface area (Å²) in [5.41, 5.74) is 5.92. The first kappa shape index (κ1) is 58.4. The summed E-state index contributed by atoms with van der Waals surface area (Å²) in [6, 6.07) is 101. The van der Waals surface area contributed by atoms with Crippen molar-refractivity contribution >= 4 is 148 Å². The molecule has 0 saturated carbocycles. The predicted octanol–water partition coefficient (Wildman–Crippen LogP) is 10.5. The summed E-state index contributed by atoms with van der Waals surface area (Å²) in [7, 11) is 50.7. The lowest BCUT2D eigenvalue weighted by Crippen LogP contribution is -2.49. The smallest absolute Gasteiger partial charge is 0.238 e. The molecule has 14 rings (SSSR count). The monoisotopic (exact) mass is 1170 g/mol. The zero-order chi connectivity index (χ0) is 61.7. The number of benzene rings is 12. The van der Waals surface area contributed by atoms with E-state index >= 15 is 0 Å². The maximum absolute atomic E-state index is 7.20. The third-order valence-corrected chi connectivity index (χ3v) is 24.7. The second kappa shape index (κ2) is 24.2.